The maximum atomic E-state index is 12.2. The minimum Gasteiger partial charge on any atom is -0.427 e. The maximum Gasteiger partial charge on any atom is 0.347 e. The van der Waals surface area contributed by atoms with Gasteiger partial charge in [-0.05, 0) is 48.0 Å². The Bertz CT molecular complexity index is 886. The van der Waals surface area contributed by atoms with E-state index in [1.807, 2.05) is 45.9 Å². The van der Waals surface area contributed by atoms with Crippen LogP contribution in [0.3, 0.4) is 0 Å². The van der Waals surface area contributed by atoms with Crippen LogP contribution < -0.4 is 7.80 Å². The number of esters is 1. The van der Waals surface area contributed by atoms with Crippen molar-refractivity contribution in [1.29, 1.82) is 0 Å². The van der Waals surface area contributed by atoms with E-state index in [9.17, 15) is 4.79 Å². The number of ether oxygens (including phenoxy) is 1. The molecule has 0 atom stereocenters. The zero-order valence-corrected chi connectivity index (χ0v) is 20.1. The highest BCUT2D eigenvalue weighted by Gasteiger charge is 2.14. The summed E-state index contributed by atoms with van der Waals surface area (Å²) in [4.78, 5) is 13.3. The van der Waals surface area contributed by atoms with Crippen molar-refractivity contribution in [2.24, 2.45) is 0 Å². The van der Waals surface area contributed by atoms with E-state index in [4.69, 9.17) is 20.0 Å². The number of carbonyl (C=O) groups is 1. The first-order valence-corrected chi connectivity index (χ1v) is 11.9. The molecule has 3 rings (SSSR count). The summed E-state index contributed by atoms with van der Waals surface area (Å²) in [6.07, 6.45) is 0. The zero-order valence-electron chi connectivity index (χ0n) is 15.5. The highest BCUT2D eigenvalue weighted by Crippen LogP contribution is 2.30. The van der Waals surface area contributed by atoms with Gasteiger partial charge in [0.1, 0.15) is 20.9 Å². The normalized spacial score (nSPS) is 9.22. The minimum absolute atomic E-state index is 0.391. The van der Waals surface area contributed by atoms with Gasteiger partial charge in [0, 0.05) is 4.88 Å². The van der Waals surface area contributed by atoms with E-state index in [0.29, 0.717) is 17.1 Å². The van der Waals surface area contributed by atoms with Gasteiger partial charge in [0.25, 0.3) is 0 Å². The molecule has 0 N–H and O–H groups in total. The predicted octanol–water partition coefficient (Wildman–Crippen LogP) is 8.21. The second-order valence-corrected chi connectivity index (χ2v) is 7.83. The lowest BCUT2D eigenvalue weighted by molar-refractivity contribution is 0.0733. The van der Waals surface area contributed by atoms with E-state index in [2.05, 4.69) is 0 Å². The zero-order chi connectivity index (χ0) is 20.2. The molecule has 0 fully saturated rings. The Kier molecular flexibility index (Phi) is 11.4. The van der Waals surface area contributed by atoms with Gasteiger partial charge in [-0.1, -0.05) is 72.7 Å². The molecule has 0 bridgehead atoms. The van der Waals surface area contributed by atoms with Crippen molar-refractivity contribution >= 4 is 61.9 Å². The maximum absolute atomic E-state index is 12.2. The van der Waals surface area contributed by atoms with E-state index in [0.717, 1.165) is 14.3 Å². The highest BCUT2D eigenvalue weighted by atomic mass is 127. The molecule has 3 aromatic rings. The van der Waals surface area contributed by atoms with E-state index in [1.165, 1.54) is 0 Å². The van der Waals surface area contributed by atoms with E-state index >= 15 is 0 Å². The fourth-order valence-electron chi connectivity index (χ4n) is 1.92. The van der Waals surface area contributed by atoms with Crippen LogP contribution in [-0.4, -0.2) is 5.97 Å². The summed E-state index contributed by atoms with van der Waals surface area (Å²) in [5.74, 6) is 0.518. The fourth-order valence-corrected chi connectivity index (χ4v) is 4.71. The second-order valence-electron chi connectivity index (χ2n) is 4.48. The summed E-state index contributed by atoms with van der Waals surface area (Å²) >= 11 is 6.88. The third kappa shape index (κ3) is 6.99. The average molecular weight is 532 g/mol. The number of rotatable bonds is 4. The molecule has 2 aromatic carbocycles. The Labute approximate surface area is 187 Å². The molecular formula is C20H21IO3S3. The summed E-state index contributed by atoms with van der Waals surface area (Å²) < 4.78 is 11.4. The first kappa shape index (κ1) is 23.7. The van der Waals surface area contributed by atoms with Crippen LogP contribution in [-0.2, 0) is 0 Å². The monoisotopic (exact) mass is 532 g/mol. The molecule has 0 amide bonds. The summed E-state index contributed by atoms with van der Waals surface area (Å²) in [7, 11) is 3.21. The van der Waals surface area contributed by atoms with Gasteiger partial charge in [0.2, 0.25) is 0 Å². The standard InChI is InChI=1S/C16H9IO3S3.2C2H6/c17-20-13-4-2-1-3-12(13)16(18)19-11-7-5-10(6-8-11)14-9-15(21)23-22-14;2*1-2/h1-9H;2*1-2H3. The number of hydrogen-bond acceptors (Lipinski definition) is 6. The second kappa shape index (κ2) is 13.0. The molecule has 0 radical (unpaired) electrons. The molecule has 0 aliphatic heterocycles. The third-order valence-corrected chi connectivity index (χ3v) is 6.39. The third-order valence-electron chi connectivity index (χ3n) is 3.00. The van der Waals surface area contributed by atoms with Gasteiger partial charge in [-0.2, -0.15) is 0 Å². The van der Waals surface area contributed by atoms with Crippen molar-refractivity contribution in [3.63, 3.8) is 0 Å². The summed E-state index contributed by atoms with van der Waals surface area (Å²) in [5.41, 5.74) is 1.44. The molecule has 0 unspecified atom stereocenters. The Morgan fingerprint density at radius 1 is 0.963 bits per heavy atom. The number of carbonyl (C=O) groups excluding carboxylic acids is 1. The number of benzene rings is 2. The largest absolute Gasteiger partial charge is 0.427 e. The van der Waals surface area contributed by atoms with Gasteiger partial charge in [-0.3, -0.25) is 0 Å². The first-order valence-electron chi connectivity index (χ1n) is 8.48. The Morgan fingerprint density at radius 2 is 1.59 bits per heavy atom. The van der Waals surface area contributed by atoms with Crippen LogP contribution in [0.2, 0.25) is 0 Å². The van der Waals surface area contributed by atoms with Crippen LogP contribution >= 0.6 is 55.9 Å². The quantitative estimate of drug-likeness (QED) is 0.112. The van der Waals surface area contributed by atoms with Gasteiger partial charge in [-0.15, -0.1) is 0 Å². The summed E-state index contributed by atoms with van der Waals surface area (Å²) in [5, 5.41) is 0. The fraction of sp³-hybridized carbons (Fsp3) is 0.200. The summed E-state index contributed by atoms with van der Waals surface area (Å²) in [6, 6.07) is 16.3. The molecule has 0 aliphatic rings. The van der Waals surface area contributed by atoms with Gasteiger partial charge in [0.15, 0.2) is 23.0 Å². The van der Waals surface area contributed by atoms with Crippen LogP contribution in [0.5, 0.6) is 11.5 Å². The topological polar surface area (TPSA) is 35.5 Å². The highest BCUT2D eigenvalue weighted by molar-refractivity contribution is 14.1. The minimum atomic E-state index is -0.448. The Morgan fingerprint density at radius 3 is 2.15 bits per heavy atom. The van der Waals surface area contributed by atoms with Crippen LogP contribution in [0.15, 0.2) is 54.6 Å². The van der Waals surface area contributed by atoms with E-state index < -0.39 is 5.97 Å². The predicted molar refractivity (Wildman–Crippen MR) is 127 cm³/mol. The molecule has 1 aromatic heterocycles. The van der Waals surface area contributed by atoms with Crippen molar-refractivity contribution in [3.05, 3.63) is 64.0 Å². The molecule has 27 heavy (non-hydrogen) atoms. The van der Waals surface area contributed by atoms with Crippen LogP contribution in [0, 0.1) is 3.82 Å². The molecule has 1 heterocycles. The van der Waals surface area contributed by atoms with Gasteiger partial charge < -0.3 is 7.80 Å². The molecule has 0 saturated carbocycles. The molecule has 144 valence electrons. The number of para-hydroxylation sites is 1. The van der Waals surface area contributed by atoms with E-state index in [-0.39, 0.29) is 0 Å². The van der Waals surface area contributed by atoms with Crippen molar-refractivity contribution < 1.29 is 12.6 Å². The van der Waals surface area contributed by atoms with Gasteiger partial charge in [-0.25, -0.2) is 4.79 Å². The SMILES string of the molecule is CC.CC.O=C(Oc1ccc(-c2cc(=S)ss2)cc1)c1ccccc1OI. The summed E-state index contributed by atoms with van der Waals surface area (Å²) in [6.45, 7) is 8.00. The van der Waals surface area contributed by atoms with Crippen molar-refractivity contribution in [2.75, 3.05) is 0 Å². The molecule has 3 nitrogen and oxygen atoms in total. The first-order chi connectivity index (χ1) is 13.2. The van der Waals surface area contributed by atoms with Gasteiger partial charge in [0.05, 0.1) is 0 Å². The average Bonchev–Trinajstić information content (AvgIpc) is 3.18. The van der Waals surface area contributed by atoms with E-state index in [1.54, 1.807) is 80.1 Å². The number of halogens is 1. The molecule has 7 heteroatoms. The van der Waals surface area contributed by atoms with Crippen molar-refractivity contribution in [1.82, 2.24) is 0 Å². The lowest BCUT2D eigenvalue weighted by atomic mass is 10.2. The smallest absolute Gasteiger partial charge is 0.347 e. The van der Waals surface area contributed by atoms with Crippen LogP contribution in [0.25, 0.3) is 10.4 Å². The molecule has 0 saturated heterocycles. The van der Waals surface area contributed by atoms with Gasteiger partial charge >= 0.3 is 5.97 Å². The Hall–Kier alpha value is -1.29. The lowest BCUT2D eigenvalue weighted by Crippen LogP contribution is -2.09. The molecule has 0 spiro atoms. The van der Waals surface area contributed by atoms with Crippen molar-refractivity contribution in [3.8, 4) is 21.9 Å². The van der Waals surface area contributed by atoms with Crippen LogP contribution in [0.1, 0.15) is 38.1 Å². The van der Waals surface area contributed by atoms with Crippen molar-refractivity contribution in [2.45, 2.75) is 27.7 Å². The molecular weight excluding hydrogens is 511 g/mol. The Balaban J connectivity index is 0.000000855. The number of hydrogen-bond donors (Lipinski definition) is 0. The van der Waals surface area contributed by atoms with Crippen LogP contribution in [0.4, 0.5) is 0 Å². The molecule has 0 aliphatic carbocycles. The lowest BCUT2D eigenvalue weighted by Gasteiger charge is -2.07.